The number of hydrogen-bond acceptors (Lipinski definition) is 5. The molecule has 1 atom stereocenters. The Morgan fingerprint density at radius 3 is 3.00 bits per heavy atom. The van der Waals surface area contributed by atoms with E-state index in [2.05, 4.69) is 10.3 Å². The lowest BCUT2D eigenvalue weighted by Gasteiger charge is -2.15. The van der Waals surface area contributed by atoms with Crippen LogP contribution in [0.1, 0.15) is 37.3 Å². The number of ether oxygens (including phenoxy) is 2. The zero-order valence-electron chi connectivity index (χ0n) is 12.0. The van der Waals surface area contributed by atoms with Gasteiger partial charge in [-0.05, 0) is 31.9 Å². The predicted octanol–water partition coefficient (Wildman–Crippen LogP) is 2.01. The van der Waals surface area contributed by atoms with Gasteiger partial charge in [0.25, 0.3) is 0 Å². The first-order chi connectivity index (χ1) is 10.3. The number of aliphatic hydroxyl groups excluding tert-OH is 1. The highest BCUT2D eigenvalue weighted by Crippen LogP contribution is 2.33. The fourth-order valence-corrected chi connectivity index (χ4v) is 2.64. The molecule has 0 amide bonds. The summed E-state index contributed by atoms with van der Waals surface area (Å²) in [6.45, 7) is 3.10. The van der Waals surface area contributed by atoms with Gasteiger partial charge in [0.2, 0.25) is 0 Å². The lowest BCUT2D eigenvalue weighted by atomic mass is 10.1. The van der Waals surface area contributed by atoms with Crippen LogP contribution in [-0.2, 0) is 11.3 Å². The Kier molecular flexibility index (Phi) is 4.17. The summed E-state index contributed by atoms with van der Waals surface area (Å²) in [5.41, 5.74) is 2.20. The van der Waals surface area contributed by atoms with E-state index >= 15 is 0 Å². The Labute approximate surface area is 123 Å². The van der Waals surface area contributed by atoms with Crippen LogP contribution in [0.2, 0.25) is 0 Å². The maximum absolute atomic E-state index is 9.51. The number of aromatic nitrogens is 3. The molecule has 1 aromatic carbocycles. The number of nitrogens with zero attached hydrogens (tertiary/aromatic N) is 3. The van der Waals surface area contributed by atoms with Gasteiger partial charge in [0.1, 0.15) is 23.2 Å². The van der Waals surface area contributed by atoms with Crippen molar-refractivity contribution in [1.29, 1.82) is 0 Å². The maximum Gasteiger partial charge on any atom is 0.145 e. The van der Waals surface area contributed by atoms with Crippen LogP contribution in [0.25, 0.3) is 5.69 Å². The van der Waals surface area contributed by atoms with Crippen LogP contribution in [0, 0.1) is 0 Å². The summed E-state index contributed by atoms with van der Waals surface area (Å²) in [6.07, 6.45) is 1.85. The summed E-state index contributed by atoms with van der Waals surface area (Å²) < 4.78 is 13.1. The highest BCUT2D eigenvalue weighted by molar-refractivity contribution is 5.47. The number of aliphatic hydroxyl groups is 1. The SMILES string of the molecule is CCOc1ccccc1-n1nnc(CO)c1C1CCCO1. The van der Waals surface area contributed by atoms with Crippen molar-refractivity contribution >= 4 is 0 Å². The molecule has 1 saturated heterocycles. The van der Waals surface area contributed by atoms with Crippen molar-refractivity contribution in [3.8, 4) is 11.4 Å². The average molecular weight is 289 g/mol. The standard InChI is InChI=1S/C15H19N3O3/c1-2-20-13-7-4-3-6-12(13)18-15(11(10-19)16-17-18)14-8-5-9-21-14/h3-4,6-7,14,19H,2,5,8-10H2,1H3. The fourth-order valence-electron chi connectivity index (χ4n) is 2.64. The van der Waals surface area contributed by atoms with Gasteiger partial charge in [-0.15, -0.1) is 5.10 Å². The Balaban J connectivity index is 2.08. The summed E-state index contributed by atoms with van der Waals surface area (Å²) >= 11 is 0. The second kappa shape index (κ2) is 6.24. The molecule has 0 saturated carbocycles. The Morgan fingerprint density at radius 2 is 2.29 bits per heavy atom. The molecule has 1 N–H and O–H groups in total. The van der Waals surface area contributed by atoms with E-state index in [4.69, 9.17) is 9.47 Å². The van der Waals surface area contributed by atoms with Gasteiger partial charge in [-0.1, -0.05) is 17.3 Å². The zero-order valence-corrected chi connectivity index (χ0v) is 12.0. The average Bonchev–Trinajstić information content (AvgIpc) is 3.16. The number of hydrogen-bond donors (Lipinski definition) is 1. The fraction of sp³-hybridized carbons (Fsp3) is 0.467. The molecule has 0 aliphatic carbocycles. The minimum Gasteiger partial charge on any atom is -0.492 e. The summed E-state index contributed by atoms with van der Waals surface area (Å²) in [5, 5.41) is 17.8. The topological polar surface area (TPSA) is 69.4 Å². The van der Waals surface area contributed by atoms with E-state index in [1.807, 2.05) is 31.2 Å². The van der Waals surface area contributed by atoms with E-state index < -0.39 is 0 Å². The third-order valence-corrected chi connectivity index (χ3v) is 3.56. The van der Waals surface area contributed by atoms with Gasteiger partial charge in [-0.25, -0.2) is 4.68 Å². The molecule has 1 aliphatic rings. The molecule has 112 valence electrons. The summed E-state index contributed by atoms with van der Waals surface area (Å²) in [5.74, 6) is 0.744. The van der Waals surface area contributed by atoms with Crippen molar-refractivity contribution in [1.82, 2.24) is 15.0 Å². The minimum absolute atomic E-state index is 0.0724. The molecular formula is C15H19N3O3. The van der Waals surface area contributed by atoms with Gasteiger partial charge in [0.05, 0.1) is 18.9 Å². The van der Waals surface area contributed by atoms with Crippen molar-refractivity contribution < 1.29 is 14.6 Å². The Morgan fingerprint density at radius 1 is 1.43 bits per heavy atom. The third kappa shape index (κ3) is 2.64. The largest absolute Gasteiger partial charge is 0.492 e. The van der Waals surface area contributed by atoms with Crippen LogP contribution in [0.15, 0.2) is 24.3 Å². The molecule has 1 aromatic heterocycles. The first-order valence-electron chi connectivity index (χ1n) is 7.24. The normalized spacial score (nSPS) is 18.1. The number of rotatable bonds is 5. The molecule has 2 heterocycles. The summed E-state index contributed by atoms with van der Waals surface area (Å²) in [4.78, 5) is 0. The quantitative estimate of drug-likeness (QED) is 0.912. The Bertz CT molecular complexity index is 606. The van der Waals surface area contributed by atoms with E-state index in [-0.39, 0.29) is 12.7 Å². The van der Waals surface area contributed by atoms with Crippen LogP contribution in [-0.4, -0.2) is 33.3 Å². The predicted molar refractivity (Wildman–Crippen MR) is 76.4 cm³/mol. The number of benzene rings is 1. The molecule has 2 aromatic rings. The van der Waals surface area contributed by atoms with E-state index in [0.717, 1.165) is 36.6 Å². The molecule has 1 aliphatic heterocycles. The zero-order chi connectivity index (χ0) is 14.7. The maximum atomic E-state index is 9.51. The summed E-state index contributed by atoms with van der Waals surface area (Å²) in [6, 6.07) is 7.68. The monoisotopic (exact) mass is 289 g/mol. The molecular weight excluding hydrogens is 270 g/mol. The first-order valence-corrected chi connectivity index (χ1v) is 7.24. The Hall–Kier alpha value is -1.92. The first kappa shape index (κ1) is 14.0. The second-order valence-corrected chi connectivity index (χ2v) is 4.89. The van der Waals surface area contributed by atoms with Gasteiger partial charge in [0.15, 0.2) is 0 Å². The highest BCUT2D eigenvalue weighted by atomic mass is 16.5. The van der Waals surface area contributed by atoms with Gasteiger partial charge < -0.3 is 14.6 Å². The van der Waals surface area contributed by atoms with Crippen molar-refractivity contribution in [2.45, 2.75) is 32.5 Å². The lowest BCUT2D eigenvalue weighted by molar-refractivity contribution is 0.104. The van der Waals surface area contributed by atoms with Crippen LogP contribution in [0.4, 0.5) is 0 Å². The van der Waals surface area contributed by atoms with Crippen molar-refractivity contribution in [3.05, 3.63) is 35.7 Å². The molecule has 3 rings (SSSR count). The molecule has 0 bridgehead atoms. The van der Waals surface area contributed by atoms with Gasteiger partial charge in [-0.2, -0.15) is 0 Å². The van der Waals surface area contributed by atoms with Crippen molar-refractivity contribution in [2.75, 3.05) is 13.2 Å². The van der Waals surface area contributed by atoms with Crippen LogP contribution >= 0.6 is 0 Å². The third-order valence-electron chi connectivity index (χ3n) is 3.56. The van der Waals surface area contributed by atoms with Crippen LogP contribution in [0.3, 0.4) is 0 Å². The molecule has 1 unspecified atom stereocenters. The van der Waals surface area contributed by atoms with Crippen molar-refractivity contribution in [3.63, 3.8) is 0 Å². The van der Waals surface area contributed by atoms with Crippen LogP contribution < -0.4 is 4.74 Å². The highest BCUT2D eigenvalue weighted by Gasteiger charge is 2.27. The summed E-state index contributed by atoms with van der Waals surface area (Å²) in [7, 11) is 0. The lowest BCUT2D eigenvalue weighted by Crippen LogP contribution is -2.10. The van der Waals surface area contributed by atoms with Gasteiger partial charge >= 0.3 is 0 Å². The van der Waals surface area contributed by atoms with E-state index in [0.29, 0.717) is 12.3 Å². The smallest absolute Gasteiger partial charge is 0.145 e. The van der Waals surface area contributed by atoms with Crippen molar-refractivity contribution in [2.24, 2.45) is 0 Å². The molecule has 6 heteroatoms. The molecule has 1 fully saturated rings. The van der Waals surface area contributed by atoms with Crippen LogP contribution in [0.5, 0.6) is 5.75 Å². The second-order valence-electron chi connectivity index (χ2n) is 4.89. The van der Waals surface area contributed by atoms with E-state index in [1.165, 1.54) is 0 Å². The van der Waals surface area contributed by atoms with Gasteiger partial charge in [0, 0.05) is 6.61 Å². The van der Waals surface area contributed by atoms with E-state index in [1.54, 1.807) is 4.68 Å². The molecule has 0 spiro atoms. The minimum atomic E-state index is -0.147. The van der Waals surface area contributed by atoms with Gasteiger partial charge in [-0.3, -0.25) is 0 Å². The number of para-hydroxylation sites is 2. The molecule has 6 nitrogen and oxygen atoms in total. The molecule has 0 radical (unpaired) electrons. The molecule has 21 heavy (non-hydrogen) atoms. The van der Waals surface area contributed by atoms with E-state index in [9.17, 15) is 5.11 Å².